The van der Waals surface area contributed by atoms with E-state index in [1.807, 2.05) is 0 Å². The number of aromatic nitrogens is 2. The first-order valence-corrected chi connectivity index (χ1v) is 10.1. The predicted molar refractivity (Wildman–Crippen MR) is 102 cm³/mol. The highest BCUT2D eigenvalue weighted by Gasteiger charge is 2.21. The highest BCUT2D eigenvalue weighted by atomic mass is 35.5. The summed E-state index contributed by atoms with van der Waals surface area (Å²) in [7, 11) is -3.93. The van der Waals surface area contributed by atoms with Gasteiger partial charge in [-0.25, -0.2) is 0 Å². The molecule has 134 valence electrons. The van der Waals surface area contributed by atoms with Crippen molar-refractivity contribution >= 4 is 61.3 Å². The molecule has 0 aliphatic carbocycles. The van der Waals surface area contributed by atoms with Gasteiger partial charge in [-0.15, -0.1) is 10.2 Å². The van der Waals surface area contributed by atoms with Gasteiger partial charge in [0.1, 0.15) is 0 Å². The van der Waals surface area contributed by atoms with Gasteiger partial charge in [0.2, 0.25) is 5.13 Å². The minimum absolute atomic E-state index is 0.0569. The maximum absolute atomic E-state index is 12.3. The van der Waals surface area contributed by atoms with Gasteiger partial charge in [0.15, 0.2) is 0 Å². The Morgan fingerprint density at radius 2 is 1.50 bits per heavy atom. The topological polar surface area (TPSA) is 101 Å². The molecule has 0 fully saturated rings. The first-order chi connectivity index (χ1) is 12.3. The van der Waals surface area contributed by atoms with Crippen LogP contribution in [0.1, 0.15) is 10.4 Å². The highest BCUT2D eigenvalue weighted by Crippen LogP contribution is 2.24. The number of nitrogens with zero attached hydrogens (tertiary/aromatic N) is 2. The Balaban J connectivity index is 1.73. The van der Waals surface area contributed by atoms with Crippen LogP contribution in [0.15, 0.2) is 52.9 Å². The van der Waals surface area contributed by atoms with Crippen LogP contribution in [0.2, 0.25) is 10.0 Å². The number of benzene rings is 2. The maximum Gasteiger partial charge on any atom is 0.291 e. The van der Waals surface area contributed by atoms with Crippen LogP contribution in [0.4, 0.5) is 10.8 Å². The van der Waals surface area contributed by atoms with E-state index in [-0.39, 0.29) is 9.47 Å². The molecular formula is C15H10Cl2N4O3S2. The summed E-state index contributed by atoms with van der Waals surface area (Å²) in [5, 5.41) is 10.8. The van der Waals surface area contributed by atoms with Gasteiger partial charge in [0.25, 0.3) is 20.3 Å². The van der Waals surface area contributed by atoms with Crippen LogP contribution < -0.4 is 10.0 Å². The van der Waals surface area contributed by atoms with Gasteiger partial charge < -0.3 is 0 Å². The van der Waals surface area contributed by atoms with Gasteiger partial charge in [-0.1, -0.05) is 34.5 Å². The smallest absolute Gasteiger partial charge is 0.291 e. The Labute approximate surface area is 163 Å². The quantitative estimate of drug-likeness (QED) is 0.600. The average molecular weight is 429 g/mol. The molecule has 1 heterocycles. The van der Waals surface area contributed by atoms with Crippen molar-refractivity contribution in [2.75, 3.05) is 10.0 Å². The summed E-state index contributed by atoms with van der Waals surface area (Å²) in [5.41, 5.74) is 0.685. The van der Waals surface area contributed by atoms with Crippen LogP contribution in [-0.4, -0.2) is 24.5 Å². The molecule has 1 amide bonds. The second-order valence-corrected chi connectivity index (χ2v) is 8.65. The average Bonchev–Trinajstić information content (AvgIpc) is 3.07. The van der Waals surface area contributed by atoms with E-state index in [4.69, 9.17) is 23.2 Å². The number of carbonyl (C=O) groups is 1. The zero-order chi connectivity index (χ0) is 18.7. The number of anilines is 2. The lowest BCUT2D eigenvalue weighted by molar-refractivity contribution is 0.102. The molecule has 0 aliphatic heterocycles. The molecule has 26 heavy (non-hydrogen) atoms. The van der Waals surface area contributed by atoms with Gasteiger partial charge in [0, 0.05) is 21.3 Å². The molecule has 11 heteroatoms. The van der Waals surface area contributed by atoms with E-state index in [9.17, 15) is 13.2 Å². The molecule has 0 saturated carbocycles. The Morgan fingerprint density at radius 1 is 0.923 bits per heavy atom. The minimum atomic E-state index is -3.93. The van der Waals surface area contributed by atoms with Crippen molar-refractivity contribution in [3.05, 3.63) is 64.1 Å². The number of hydrogen-bond donors (Lipinski definition) is 2. The minimum Gasteiger partial charge on any atom is -0.296 e. The first kappa shape index (κ1) is 18.6. The zero-order valence-corrected chi connectivity index (χ0v) is 16.0. The number of carbonyl (C=O) groups excluding carboxylic acids is 1. The van der Waals surface area contributed by atoms with Gasteiger partial charge in [-0.3, -0.25) is 14.8 Å². The summed E-state index contributed by atoms with van der Waals surface area (Å²) < 4.78 is 26.7. The molecule has 3 aromatic rings. The zero-order valence-electron chi connectivity index (χ0n) is 12.8. The molecule has 0 saturated heterocycles. The largest absolute Gasteiger partial charge is 0.296 e. The Hall–Kier alpha value is -2.20. The number of rotatable bonds is 5. The van der Waals surface area contributed by atoms with Gasteiger partial charge in [-0.05, 0) is 48.5 Å². The third kappa shape index (κ3) is 4.50. The van der Waals surface area contributed by atoms with E-state index < -0.39 is 15.9 Å². The van der Waals surface area contributed by atoms with Crippen molar-refractivity contribution in [2.24, 2.45) is 0 Å². The molecule has 3 rings (SSSR count). The summed E-state index contributed by atoms with van der Waals surface area (Å²) in [5.74, 6) is -0.451. The third-order valence-corrected chi connectivity index (χ3v) is 6.15. The summed E-state index contributed by atoms with van der Waals surface area (Å²) in [4.78, 5) is 12.1. The molecule has 0 radical (unpaired) electrons. The van der Waals surface area contributed by atoms with Crippen molar-refractivity contribution in [1.82, 2.24) is 10.2 Å². The van der Waals surface area contributed by atoms with E-state index in [0.29, 0.717) is 21.3 Å². The summed E-state index contributed by atoms with van der Waals surface area (Å²) >= 11 is 12.3. The van der Waals surface area contributed by atoms with Crippen LogP contribution >= 0.6 is 34.5 Å². The Morgan fingerprint density at radius 3 is 2.12 bits per heavy atom. The van der Waals surface area contributed by atoms with Crippen LogP contribution in [0, 0.1) is 0 Å². The fourth-order valence-corrected chi connectivity index (χ4v) is 4.06. The number of halogens is 2. The Bertz CT molecular complexity index is 1040. The van der Waals surface area contributed by atoms with Crippen LogP contribution in [0.3, 0.4) is 0 Å². The third-order valence-electron chi connectivity index (χ3n) is 3.06. The molecule has 0 atom stereocenters. The molecule has 0 aliphatic rings. The molecule has 0 bridgehead atoms. The van der Waals surface area contributed by atoms with Crippen molar-refractivity contribution in [1.29, 1.82) is 0 Å². The Kier molecular flexibility index (Phi) is 5.42. The molecule has 2 N–H and O–H groups in total. The van der Waals surface area contributed by atoms with Crippen molar-refractivity contribution < 1.29 is 13.2 Å². The van der Waals surface area contributed by atoms with Gasteiger partial charge in [0.05, 0.1) is 0 Å². The van der Waals surface area contributed by atoms with E-state index in [2.05, 4.69) is 20.2 Å². The van der Waals surface area contributed by atoms with E-state index >= 15 is 0 Å². The van der Waals surface area contributed by atoms with E-state index in [1.54, 1.807) is 36.4 Å². The fourth-order valence-electron chi connectivity index (χ4n) is 1.86. The van der Waals surface area contributed by atoms with E-state index in [0.717, 1.165) is 11.3 Å². The standard InChI is InChI=1S/C15H10Cl2N4O3S2/c16-10-3-1-9(2-4-10)13(22)18-14-19-20-15(25-14)26(23,24)21-12-7-5-11(17)6-8-12/h1-8,21H,(H,18,19,22). The van der Waals surface area contributed by atoms with Crippen LogP contribution in [0.5, 0.6) is 0 Å². The number of sulfonamides is 1. The molecule has 2 aromatic carbocycles. The molecule has 0 unspecified atom stereocenters. The van der Waals surface area contributed by atoms with Crippen molar-refractivity contribution in [3.63, 3.8) is 0 Å². The summed E-state index contributed by atoms with van der Waals surface area (Å²) in [6, 6.07) is 12.4. The summed E-state index contributed by atoms with van der Waals surface area (Å²) in [6.45, 7) is 0. The monoisotopic (exact) mass is 428 g/mol. The number of nitrogens with one attached hydrogen (secondary N) is 2. The number of amides is 1. The van der Waals surface area contributed by atoms with Crippen LogP contribution in [0.25, 0.3) is 0 Å². The second-order valence-electron chi connectivity index (χ2n) is 4.95. The lowest BCUT2D eigenvalue weighted by Gasteiger charge is -2.04. The fraction of sp³-hybridized carbons (Fsp3) is 0. The molecule has 0 spiro atoms. The van der Waals surface area contributed by atoms with Gasteiger partial charge in [-0.2, -0.15) is 8.42 Å². The van der Waals surface area contributed by atoms with Crippen LogP contribution in [-0.2, 0) is 10.0 Å². The summed E-state index contributed by atoms with van der Waals surface area (Å²) in [6.07, 6.45) is 0. The predicted octanol–water partition coefficient (Wildman–Crippen LogP) is 3.90. The van der Waals surface area contributed by atoms with E-state index in [1.165, 1.54) is 12.1 Å². The maximum atomic E-state index is 12.3. The van der Waals surface area contributed by atoms with Crippen molar-refractivity contribution in [3.8, 4) is 0 Å². The highest BCUT2D eigenvalue weighted by molar-refractivity contribution is 7.94. The molecule has 1 aromatic heterocycles. The first-order valence-electron chi connectivity index (χ1n) is 7.02. The van der Waals surface area contributed by atoms with Crippen molar-refractivity contribution in [2.45, 2.75) is 4.34 Å². The lowest BCUT2D eigenvalue weighted by atomic mass is 10.2. The molecule has 7 nitrogen and oxygen atoms in total. The SMILES string of the molecule is O=C(Nc1nnc(S(=O)(=O)Nc2ccc(Cl)cc2)s1)c1ccc(Cl)cc1. The number of hydrogen-bond acceptors (Lipinski definition) is 6. The normalized spacial score (nSPS) is 11.2. The lowest BCUT2D eigenvalue weighted by Crippen LogP contribution is -2.12. The molecular weight excluding hydrogens is 419 g/mol. The second kappa shape index (κ2) is 7.58. The van der Waals surface area contributed by atoms with Gasteiger partial charge >= 0.3 is 0 Å².